The average Bonchev–Trinajstić information content (AvgIpc) is 3.21. The maximum atomic E-state index is 13.0. The summed E-state index contributed by atoms with van der Waals surface area (Å²) in [5.41, 5.74) is 1.19. The fourth-order valence-corrected chi connectivity index (χ4v) is 5.75. The molecule has 0 bridgehead atoms. The van der Waals surface area contributed by atoms with E-state index in [1.54, 1.807) is 56.0 Å². The molecule has 1 N–H and O–H groups in total. The Labute approximate surface area is 253 Å². The van der Waals surface area contributed by atoms with Crippen LogP contribution in [0.15, 0.2) is 42.5 Å². The van der Waals surface area contributed by atoms with Crippen molar-refractivity contribution >= 4 is 33.8 Å². The van der Waals surface area contributed by atoms with Crippen molar-refractivity contribution in [2.24, 2.45) is 5.92 Å². The van der Waals surface area contributed by atoms with Gasteiger partial charge in [-0.05, 0) is 89.3 Å². The van der Waals surface area contributed by atoms with Gasteiger partial charge in [0.2, 0.25) is 10.0 Å². The topological polar surface area (TPSA) is 132 Å². The number of hydrogen-bond donors (Lipinski definition) is 1. The van der Waals surface area contributed by atoms with E-state index in [1.165, 1.54) is 0 Å². The van der Waals surface area contributed by atoms with E-state index in [0.29, 0.717) is 42.1 Å². The van der Waals surface area contributed by atoms with Crippen molar-refractivity contribution in [2.45, 2.75) is 71.6 Å². The van der Waals surface area contributed by atoms with E-state index >= 15 is 0 Å². The Hall–Kier alpha value is -3.80. The standard InChI is InChI=1S/C31H41N3O8S/c1-30(2,3)41-28(36)33-15-14-25(20-8-11-23(12-9-20)32-43(7,38)39)22(17-33)19-40-24-13-10-21-18-34(27(35)26(21)16-24)29(37)42-31(4,5)6/h8-13,16,22,25,32H,14-15,17-19H2,1-7H3/t22-,25-/m0/s1. The number of carbonyl (C=O) groups excluding carboxylic acids is 3. The van der Waals surface area contributed by atoms with Crippen molar-refractivity contribution in [1.29, 1.82) is 0 Å². The molecule has 1 fully saturated rings. The van der Waals surface area contributed by atoms with Crippen molar-refractivity contribution in [3.05, 3.63) is 59.2 Å². The van der Waals surface area contributed by atoms with Crippen LogP contribution in [-0.2, 0) is 26.0 Å². The van der Waals surface area contributed by atoms with Gasteiger partial charge in [0.25, 0.3) is 5.91 Å². The van der Waals surface area contributed by atoms with Gasteiger partial charge in [0, 0.05) is 30.3 Å². The molecular weight excluding hydrogens is 574 g/mol. The van der Waals surface area contributed by atoms with E-state index in [-0.39, 0.29) is 25.0 Å². The van der Waals surface area contributed by atoms with Crippen LogP contribution in [0.4, 0.5) is 15.3 Å². The first-order valence-electron chi connectivity index (χ1n) is 14.2. The van der Waals surface area contributed by atoms with E-state index in [9.17, 15) is 22.8 Å². The second-order valence-electron chi connectivity index (χ2n) is 13.1. The van der Waals surface area contributed by atoms with Crippen molar-refractivity contribution < 1.29 is 37.0 Å². The zero-order valence-electron chi connectivity index (χ0n) is 25.8. The smallest absolute Gasteiger partial charge is 0.417 e. The summed E-state index contributed by atoms with van der Waals surface area (Å²) < 4.78 is 42.9. The fraction of sp³-hybridized carbons (Fsp3) is 0.516. The molecule has 0 unspecified atom stereocenters. The molecule has 0 aromatic heterocycles. The number of sulfonamides is 1. The molecule has 3 amide bonds. The largest absolute Gasteiger partial charge is 0.493 e. The number of amides is 3. The number of hydrogen-bond acceptors (Lipinski definition) is 8. The summed E-state index contributed by atoms with van der Waals surface area (Å²) in [6.45, 7) is 12.0. The lowest BCUT2D eigenvalue weighted by atomic mass is 9.81. The minimum Gasteiger partial charge on any atom is -0.493 e. The van der Waals surface area contributed by atoms with Gasteiger partial charge in [0.1, 0.15) is 17.0 Å². The third-order valence-corrected chi connectivity index (χ3v) is 7.60. The number of piperidine rings is 1. The van der Waals surface area contributed by atoms with Gasteiger partial charge in [0.05, 0.1) is 19.4 Å². The number of nitrogens with zero attached hydrogens (tertiary/aromatic N) is 2. The van der Waals surface area contributed by atoms with Crippen LogP contribution in [0.3, 0.4) is 0 Å². The maximum Gasteiger partial charge on any atom is 0.417 e. The Balaban J connectivity index is 1.51. The van der Waals surface area contributed by atoms with Crippen LogP contribution in [0, 0.1) is 5.92 Å². The molecule has 2 aliphatic rings. The molecule has 12 heteroatoms. The fourth-order valence-electron chi connectivity index (χ4n) is 5.18. The SMILES string of the molecule is CC(C)(C)OC(=O)N1CC[C@@H](c2ccc(NS(C)(=O)=O)cc2)[C@H](COc2ccc3c(c2)C(=O)N(C(=O)OC(C)(C)C)C3)C1. The van der Waals surface area contributed by atoms with Crippen molar-refractivity contribution in [1.82, 2.24) is 9.80 Å². The monoisotopic (exact) mass is 615 g/mol. The number of likely N-dealkylation sites (tertiary alicyclic amines) is 1. The number of anilines is 1. The second kappa shape index (κ2) is 12.1. The Morgan fingerprint density at radius 3 is 2.19 bits per heavy atom. The zero-order chi connectivity index (χ0) is 31.7. The summed E-state index contributed by atoms with van der Waals surface area (Å²) in [5, 5.41) is 0. The Morgan fingerprint density at radius 1 is 0.953 bits per heavy atom. The number of benzene rings is 2. The molecule has 11 nitrogen and oxygen atoms in total. The van der Waals surface area contributed by atoms with Gasteiger partial charge >= 0.3 is 12.2 Å². The van der Waals surface area contributed by atoms with Gasteiger partial charge in [-0.1, -0.05) is 18.2 Å². The quantitative estimate of drug-likeness (QED) is 0.459. The molecule has 2 atom stereocenters. The maximum absolute atomic E-state index is 13.0. The molecule has 0 aliphatic carbocycles. The lowest BCUT2D eigenvalue weighted by molar-refractivity contribution is 0.0110. The first-order valence-corrected chi connectivity index (χ1v) is 16.1. The molecule has 0 radical (unpaired) electrons. The molecule has 1 saturated heterocycles. The Kier molecular flexibility index (Phi) is 9.01. The predicted octanol–water partition coefficient (Wildman–Crippen LogP) is 5.37. The van der Waals surface area contributed by atoms with E-state index in [4.69, 9.17) is 14.2 Å². The second-order valence-corrected chi connectivity index (χ2v) is 14.8. The normalized spacial score (nSPS) is 19.1. The molecule has 2 aliphatic heterocycles. The van der Waals surface area contributed by atoms with Crippen LogP contribution in [-0.4, -0.2) is 73.5 Å². The van der Waals surface area contributed by atoms with Gasteiger partial charge in [-0.3, -0.25) is 9.52 Å². The van der Waals surface area contributed by atoms with Crippen molar-refractivity contribution in [2.75, 3.05) is 30.7 Å². The van der Waals surface area contributed by atoms with Crippen LogP contribution in [0.1, 0.15) is 75.4 Å². The number of ether oxygens (including phenoxy) is 3. The minimum absolute atomic E-state index is 0.0182. The van der Waals surface area contributed by atoms with Crippen LogP contribution < -0.4 is 9.46 Å². The molecular formula is C31H41N3O8S. The number of fused-ring (bicyclic) bond motifs is 1. The average molecular weight is 616 g/mol. The van der Waals surface area contributed by atoms with Gasteiger partial charge in [-0.15, -0.1) is 0 Å². The lowest BCUT2D eigenvalue weighted by Crippen LogP contribution is -2.46. The summed E-state index contributed by atoms with van der Waals surface area (Å²) in [4.78, 5) is 41.3. The van der Waals surface area contributed by atoms with E-state index < -0.39 is 39.3 Å². The molecule has 2 heterocycles. The number of rotatable bonds is 6. The molecule has 0 saturated carbocycles. The van der Waals surface area contributed by atoms with Crippen LogP contribution in [0.5, 0.6) is 5.75 Å². The van der Waals surface area contributed by atoms with E-state index in [1.807, 2.05) is 32.9 Å². The summed E-state index contributed by atoms with van der Waals surface area (Å²) in [6, 6.07) is 12.4. The molecule has 234 valence electrons. The van der Waals surface area contributed by atoms with Gasteiger partial charge in [0.15, 0.2) is 0 Å². The molecule has 2 aromatic rings. The summed E-state index contributed by atoms with van der Waals surface area (Å²) in [7, 11) is -3.40. The zero-order valence-corrected chi connectivity index (χ0v) is 26.6. The van der Waals surface area contributed by atoms with Gasteiger partial charge in [-0.2, -0.15) is 0 Å². The first-order chi connectivity index (χ1) is 19.9. The van der Waals surface area contributed by atoms with Crippen molar-refractivity contribution in [3.63, 3.8) is 0 Å². The molecule has 2 aromatic carbocycles. The van der Waals surface area contributed by atoms with E-state index in [0.717, 1.165) is 16.7 Å². The molecule has 4 rings (SSSR count). The van der Waals surface area contributed by atoms with Crippen LogP contribution in [0.2, 0.25) is 0 Å². The number of imide groups is 1. The summed E-state index contributed by atoms with van der Waals surface area (Å²) in [6.07, 6.45) is 0.664. The highest BCUT2D eigenvalue weighted by atomic mass is 32.2. The number of nitrogens with one attached hydrogen (secondary N) is 1. The van der Waals surface area contributed by atoms with Crippen molar-refractivity contribution in [3.8, 4) is 5.75 Å². The number of carbonyl (C=O) groups is 3. The highest BCUT2D eigenvalue weighted by Crippen LogP contribution is 2.36. The lowest BCUT2D eigenvalue weighted by Gasteiger charge is -2.39. The Morgan fingerprint density at radius 2 is 1.58 bits per heavy atom. The van der Waals surface area contributed by atoms with Gasteiger partial charge < -0.3 is 19.1 Å². The highest BCUT2D eigenvalue weighted by molar-refractivity contribution is 7.92. The van der Waals surface area contributed by atoms with E-state index in [2.05, 4.69) is 4.72 Å². The third kappa shape index (κ3) is 8.62. The molecule has 0 spiro atoms. The Bertz CT molecular complexity index is 1480. The van der Waals surface area contributed by atoms with Crippen LogP contribution in [0.25, 0.3) is 0 Å². The predicted molar refractivity (Wildman–Crippen MR) is 162 cm³/mol. The summed E-state index contributed by atoms with van der Waals surface area (Å²) in [5.74, 6) is -0.0787. The first kappa shape index (κ1) is 32.1. The highest BCUT2D eigenvalue weighted by Gasteiger charge is 2.37. The third-order valence-electron chi connectivity index (χ3n) is 6.99. The minimum atomic E-state index is -3.40. The molecule has 43 heavy (non-hydrogen) atoms. The van der Waals surface area contributed by atoms with Gasteiger partial charge in [-0.25, -0.2) is 22.9 Å². The summed E-state index contributed by atoms with van der Waals surface area (Å²) >= 11 is 0. The van der Waals surface area contributed by atoms with Crippen LogP contribution >= 0.6 is 0 Å².